The van der Waals surface area contributed by atoms with Crippen molar-refractivity contribution in [1.29, 1.82) is 0 Å². The Balaban J connectivity index is 1.28. The van der Waals surface area contributed by atoms with Crippen LogP contribution in [-0.4, -0.2) is 25.9 Å². The number of amides is 1. The molecule has 0 atom stereocenters. The molecule has 0 saturated carbocycles. The summed E-state index contributed by atoms with van der Waals surface area (Å²) in [5.41, 5.74) is 5.49. The average molecular weight is 421 g/mol. The molecule has 1 N–H and O–H groups in total. The van der Waals surface area contributed by atoms with Crippen molar-refractivity contribution in [2.24, 2.45) is 0 Å². The number of rotatable bonds is 7. The molecule has 0 bridgehead atoms. The van der Waals surface area contributed by atoms with Gasteiger partial charge in [0, 0.05) is 12.5 Å². The highest BCUT2D eigenvalue weighted by atomic mass is 19.3. The third-order valence-electron chi connectivity index (χ3n) is 5.12. The summed E-state index contributed by atoms with van der Waals surface area (Å²) < 4.78 is 34.1. The third kappa shape index (κ3) is 4.91. The zero-order valence-corrected chi connectivity index (χ0v) is 16.6. The molecule has 0 saturated heterocycles. The van der Waals surface area contributed by atoms with Crippen molar-refractivity contribution in [2.45, 2.75) is 12.5 Å². The van der Waals surface area contributed by atoms with Crippen molar-refractivity contribution in [3.05, 3.63) is 95.6 Å². The molecule has 4 nitrogen and oxygen atoms in total. The Morgan fingerprint density at radius 1 is 0.935 bits per heavy atom. The molecule has 1 aliphatic rings. The fraction of sp³-hybridized carbons (Fsp3) is 0.160. The van der Waals surface area contributed by atoms with Crippen LogP contribution in [0, 0.1) is 0 Å². The molecular formula is C25H21F2NO3. The Bertz CT molecular complexity index is 1030. The number of alkyl halides is 2. The molecule has 0 heterocycles. The van der Waals surface area contributed by atoms with Gasteiger partial charge in [-0.25, -0.2) is 4.79 Å². The highest BCUT2D eigenvalue weighted by Gasteiger charge is 2.28. The van der Waals surface area contributed by atoms with Crippen molar-refractivity contribution >= 4 is 12.2 Å². The second-order valence-electron chi connectivity index (χ2n) is 7.06. The van der Waals surface area contributed by atoms with E-state index >= 15 is 0 Å². The lowest BCUT2D eigenvalue weighted by Gasteiger charge is -2.14. The lowest BCUT2D eigenvalue weighted by Crippen LogP contribution is -2.26. The fourth-order valence-corrected chi connectivity index (χ4v) is 3.75. The van der Waals surface area contributed by atoms with Crippen LogP contribution in [0.5, 0.6) is 5.75 Å². The Morgan fingerprint density at radius 2 is 1.55 bits per heavy atom. The number of halogens is 2. The average Bonchev–Trinajstić information content (AvgIpc) is 3.10. The predicted octanol–water partition coefficient (Wildman–Crippen LogP) is 5.84. The first-order valence-electron chi connectivity index (χ1n) is 9.92. The van der Waals surface area contributed by atoms with Gasteiger partial charge >= 0.3 is 12.7 Å². The maximum Gasteiger partial charge on any atom is 0.407 e. The van der Waals surface area contributed by atoms with Crippen molar-refractivity contribution < 1.29 is 23.0 Å². The van der Waals surface area contributed by atoms with Gasteiger partial charge in [0.1, 0.15) is 12.4 Å². The van der Waals surface area contributed by atoms with Gasteiger partial charge in [0.25, 0.3) is 0 Å². The third-order valence-corrected chi connectivity index (χ3v) is 5.12. The molecule has 158 valence electrons. The quantitative estimate of drug-likeness (QED) is 0.521. The summed E-state index contributed by atoms with van der Waals surface area (Å²) in [6, 6.07) is 22.6. The smallest absolute Gasteiger partial charge is 0.407 e. The maximum absolute atomic E-state index is 12.2. The molecule has 0 spiro atoms. The van der Waals surface area contributed by atoms with Crippen molar-refractivity contribution in [2.75, 3.05) is 13.2 Å². The zero-order chi connectivity index (χ0) is 21.6. The number of alkyl carbamates (subject to hydrolysis) is 1. The maximum atomic E-state index is 12.2. The predicted molar refractivity (Wildman–Crippen MR) is 115 cm³/mol. The summed E-state index contributed by atoms with van der Waals surface area (Å²) in [5, 5.41) is 2.69. The number of carbonyl (C=O) groups excluding carboxylic acids is 1. The molecule has 0 radical (unpaired) electrons. The summed E-state index contributed by atoms with van der Waals surface area (Å²) >= 11 is 0. The molecule has 1 amide bonds. The summed E-state index contributed by atoms with van der Waals surface area (Å²) in [6.07, 6.45) is 3.03. The van der Waals surface area contributed by atoms with Crippen LogP contribution in [0.25, 0.3) is 17.2 Å². The van der Waals surface area contributed by atoms with Crippen LogP contribution in [0.15, 0.2) is 78.9 Å². The van der Waals surface area contributed by atoms with Crippen LogP contribution in [0.1, 0.15) is 22.6 Å². The molecule has 6 heteroatoms. The van der Waals surface area contributed by atoms with Crippen LogP contribution < -0.4 is 10.1 Å². The normalized spacial score (nSPS) is 12.6. The highest BCUT2D eigenvalue weighted by Crippen LogP contribution is 2.44. The van der Waals surface area contributed by atoms with Crippen LogP contribution in [0.2, 0.25) is 0 Å². The Labute approximate surface area is 179 Å². The second-order valence-corrected chi connectivity index (χ2v) is 7.06. The van der Waals surface area contributed by atoms with E-state index in [0.717, 1.165) is 16.7 Å². The van der Waals surface area contributed by atoms with Crippen LogP contribution in [-0.2, 0) is 4.74 Å². The van der Waals surface area contributed by atoms with Gasteiger partial charge < -0.3 is 14.8 Å². The lowest BCUT2D eigenvalue weighted by atomic mass is 9.98. The minimum atomic E-state index is -2.84. The topological polar surface area (TPSA) is 47.6 Å². The molecule has 0 fully saturated rings. The van der Waals surface area contributed by atoms with Crippen LogP contribution in [0.3, 0.4) is 0 Å². The summed E-state index contributed by atoms with van der Waals surface area (Å²) in [7, 11) is 0. The molecule has 0 aromatic heterocycles. The fourth-order valence-electron chi connectivity index (χ4n) is 3.75. The largest absolute Gasteiger partial charge is 0.449 e. The van der Waals surface area contributed by atoms with Gasteiger partial charge in [-0.15, -0.1) is 0 Å². The van der Waals surface area contributed by atoms with Crippen molar-refractivity contribution in [3.8, 4) is 16.9 Å². The molecular weight excluding hydrogens is 400 g/mol. The Morgan fingerprint density at radius 3 is 2.16 bits per heavy atom. The minimum Gasteiger partial charge on any atom is -0.449 e. The number of nitrogens with one attached hydrogen (secondary N) is 1. The van der Waals surface area contributed by atoms with E-state index in [2.05, 4.69) is 34.3 Å². The van der Waals surface area contributed by atoms with Gasteiger partial charge in [0.05, 0.1) is 0 Å². The minimum absolute atomic E-state index is 0.0164. The summed E-state index contributed by atoms with van der Waals surface area (Å²) in [4.78, 5) is 12.1. The molecule has 0 aliphatic heterocycles. The number of hydrogen-bond donors (Lipinski definition) is 1. The van der Waals surface area contributed by atoms with Gasteiger partial charge in [-0.1, -0.05) is 72.8 Å². The van der Waals surface area contributed by atoms with Gasteiger partial charge in [0.15, 0.2) is 0 Å². The molecule has 31 heavy (non-hydrogen) atoms. The number of fused-ring (bicyclic) bond motifs is 3. The highest BCUT2D eigenvalue weighted by molar-refractivity contribution is 5.79. The lowest BCUT2D eigenvalue weighted by molar-refractivity contribution is -0.0498. The molecule has 0 unspecified atom stereocenters. The van der Waals surface area contributed by atoms with Crippen LogP contribution >= 0.6 is 0 Å². The van der Waals surface area contributed by atoms with Crippen molar-refractivity contribution in [3.63, 3.8) is 0 Å². The summed E-state index contributed by atoms with van der Waals surface area (Å²) in [5.74, 6) is 0.117. The van der Waals surface area contributed by atoms with Gasteiger partial charge in [-0.2, -0.15) is 8.78 Å². The SMILES string of the molecule is O=C(NCC=Cc1ccc(OC(F)F)cc1)OCC1c2ccccc2-c2ccccc21. The molecule has 3 aromatic carbocycles. The van der Waals surface area contributed by atoms with E-state index in [4.69, 9.17) is 4.74 Å². The number of ether oxygens (including phenoxy) is 2. The Hall–Kier alpha value is -3.67. The molecule has 4 rings (SSSR count). The summed E-state index contributed by atoms with van der Waals surface area (Å²) in [6.45, 7) is -2.30. The van der Waals surface area contributed by atoms with Gasteiger partial charge in [0.2, 0.25) is 0 Å². The Kier molecular flexibility index (Phi) is 6.26. The second kappa shape index (κ2) is 9.43. The van der Waals surface area contributed by atoms with E-state index in [0.29, 0.717) is 0 Å². The molecule has 1 aliphatic carbocycles. The number of benzene rings is 3. The monoisotopic (exact) mass is 421 g/mol. The van der Waals surface area contributed by atoms with E-state index in [-0.39, 0.29) is 24.8 Å². The first-order valence-corrected chi connectivity index (χ1v) is 9.92. The number of hydrogen-bond acceptors (Lipinski definition) is 3. The van der Waals surface area contributed by atoms with Crippen LogP contribution in [0.4, 0.5) is 13.6 Å². The first-order chi connectivity index (χ1) is 15.1. The first kappa shape index (κ1) is 20.6. The zero-order valence-electron chi connectivity index (χ0n) is 16.6. The van der Waals surface area contributed by atoms with E-state index in [1.165, 1.54) is 23.3 Å². The van der Waals surface area contributed by atoms with Gasteiger partial charge in [-0.05, 0) is 39.9 Å². The van der Waals surface area contributed by atoms with E-state index < -0.39 is 12.7 Å². The van der Waals surface area contributed by atoms with E-state index in [1.807, 2.05) is 24.3 Å². The standard InChI is InChI=1S/C25H21F2NO3/c26-24(27)31-18-13-11-17(12-14-18)6-5-15-28-25(29)30-16-23-21-9-3-1-7-19(21)20-8-2-4-10-22(20)23/h1-14,23-24H,15-16H2,(H,28,29). The van der Waals surface area contributed by atoms with E-state index in [9.17, 15) is 13.6 Å². The van der Waals surface area contributed by atoms with E-state index in [1.54, 1.807) is 24.3 Å². The van der Waals surface area contributed by atoms with Crippen molar-refractivity contribution in [1.82, 2.24) is 5.32 Å². The number of carbonyl (C=O) groups is 1. The molecule has 3 aromatic rings. The van der Waals surface area contributed by atoms with Gasteiger partial charge in [-0.3, -0.25) is 0 Å².